The van der Waals surface area contributed by atoms with Crippen molar-refractivity contribution < 1.29 is 18.5 Å². The van der Waals surface area contributed by atoms with Crippen LogP contribution in [-0.2, 0) is 0 Å². The highest BCUT2D eigenvalue weighted by atomic mass is 35.5. The summed E-state index contributed by atoms with van der Waals surface area (Å²) >= 11 is 5.56. The molecule has 0 bridgehead atoms. The minimum atomic E-state index is -0.797. The minimum absolute atomic E-state index is 0.103. The Hall–Kier alpha value is -2.41. The largest absolute Gasteiger partial charge is 0.433 e. The molecule has 0 radical (unpaired) electrons. The van der Waals surface area contributed by atoms with E-state index in [-0.39, 0.29) is 16.5 Å². The maximum absolute atomic E-state index is 13.4. The molecule has 2 rings (SSSR count). The Bertz CT molecular complexity index is 656. The van der Waals surface area contributed by atoms with Crippen molar-refractivity contribution in [2.24, 2.45) is 0 Å². The molecule has 0 saturated carbocycles. The second-order valence-corrected chi connectivity index (χ2v) is 3.91. The smallest absolute Gasteiger partial charge is 0.395 e. The summed E-state index contributed by atoms with van der Waals surface area (Å²) in [5.74, 6) is -2.38. The molecular weight excluding hydrogens is 279 g/mol. The van der Waals surface area contributed by atoms with Gasteiger partial charge in [-0.3, -0.25) is 14.9 Å². The summed E-state index contributed by atoms with van der Waals surface area (Å²) < 4.78 is 18.1. The summed E-state index contributed by atoms with van der Waals surface area (Å²) in [6.07, 6.45) is 0. The number of carbonyl (C=O) groups is 1. The van der Waals surface area contributed by atoms with E-state index in [9.17, 15) is 19.3 Å². The number of benzene rings is 1. The molecule has 1 aromatic heterocycles. The van der Waals surface area contributed by atoms with Crippen LogP contribution in [0.1, 0.15) is 10.6 Å². The van der Waals surface area contributed by atoms with Gasteiger partial charge in [0.05, 0.1) is 11.8 Å². The highest BCUT2D eigenvalue weighted by Gasteiger charge is 2.18. The first-order valence-corrected chi connectivity index (χ1v) is 5.36. The number of rotatable bonds is 3. The minimum Gasteiger partial charge on any atom is -0.395 e. The number of carbonyl (C=O) groups excluding carboxylic acids is 1. The molecule has 0 aliphatic heterocycles. The molecule has 6 nitrogen and oxygen atoms in total. The van der Waals surface area contributed by atoms with E-state index >= 15 is 0 Å². The van der Waals surface area contributed by atoms with Gasteiger partial charge in [-0.25, -0.2) is 4.39 Å². The Morgan fingerprint density at radius 1 is 1.37 bits per heavy atom. The van der Waals surface area contributed by atoms with E-state index in [0.717, 1.165) is 18.2 Å². The lowest BCUT2D eigenvalue weighted by Gasteiger charge is -2.04. The van der Waals surface area contributed by atoms with Gasteiger partial charge in [-0.2, -0.15) is 0 Å². The number of furan rings is 1. The van der Waals surface area contributed by atoms with Crippen LogP contribution in [-0.4, -0.2) is 10.8 Å². The van der Waals surface area contributed by atoms with Crippen LogP contribution in [0.2, 0.25) is 5.02 Å². The predicted molar refractivity (Wildman–Crippen MR) is 64.7 cm³/mol. The maximum atomic E-state index is 13.4. The molecule has 19 heavy (non-hydrogen) atoms. The Labute approximate surface area is 110 Å². The molecule has 8 heteroatoms. The molecule has 0 saturated heterocycles. The van der Waals surface area contributed by atoms with E-state index in [1.54, 1.807) is 0 Å². The molecule has 1 aromatic carbocycles. The lowest BCUT2D eigenvalue weighted by atomic mass is 10.3. The second-order valence-electron chi connectivity index (χ2n) is 3.47. The summed E-state index contributed by atoms with van der Waals surface area (Å²) in [6.45, 7) is 0. The first kappa shape index (κ1) is 13.0. The summed E-state index contributed by atoms with van der Waals surface area (Å²) in [6, 6.07) is 5.86. The quantitative estimate of drug-likeness (QED) is 0.692. The predicted octanol–water partition coefficient (Wildman–Crippen LogP) is 3.23. The third-order valence-corrected chi connectivity index (χ3v) is 2.41. The maximum Gasteiger partial charge on any atom is 0.433 e. The zero-order valence-corrected chi connectivity index (χ0v) is 9.98. The Balaban J connectivity index is 2.18. The van der Waals surface area contributed by atoms with Crippen LogP contribution in [0.5, 0.6) is 0 Å². The third kappa shape index (κ3) is 2.89. The van der Waals surface area contributed by atoms with Crippen molar-refractivity contribution in [3.8, 4) is 0 Å². The van der Waals surface area contributed by atoms with Crippen LogP contribution < -0.4 is 5.32 Å². The number of hydrogen-bond donors (Lipinski definition) is 1. The van der Waals surface area contributed by atoms with Crippen LogP contribution in [0.25, 0.3) is 0 Å². The zero-order chi connectivity index (χ0) is 14.0. The standard InChI is InChI=1S/C11H6ClFN2O4/c12-6-1-2-8(7(13)5-6)14-11(16)9-3-4-10(19-9)15(17)18/h1-5H,(H,14,16). The molecule has 0 atom stereocenters. The number of nitrogens with zero attached hydrogens (tertiary/aromatic N) is 1. The lowest BCUT2D eigenvalue weighted by molar-refractivity contribution is -0.402. The molecule has 0 aliphatic rings. The van der Waals surface area contributed by atoms with Crippen LogP contribution >= 0.6 is 11.6 Å². The zero-order valence-electron chi connectivity index (χ0n) is 9.22. The molecule has 0 aliphatic carbocycles. The molecule has 1 amide bonds. The summed E-state index contributed by atoms with van der Waals surface area (Å²) in [5, 5.41) is 12.8. The Morgan fingerprint density at radius 2 is 2.11 bits per heavy atom. The van der Waals surface area contributed by atoms with Gasteiger partial charge in [-0.1, -0.05) is 11.6 Å². The van der Waals surface area contributed by atoms with E-state index in [4.69, 9.17) is 11.6 Å². The number of hydrogen-bond acceptors (Lipinski definition) is 4. The van der Waals surface area contributed by atoms with Crippen molar-refractivity contribution in [2.45, 2.75) is 0 Å². The lowest BCUT2D eigenvalue weighted by Crippen LogP contribution is -2.12. The Morgan fingerprint density at radius 3 is 2.68 bits per heavy atom. The highest BCUT2D eigenvalue weighted by Crippen LogP contribution is 2.21. The first-order chi connectivity index (χ1) is 8.97. The van der Waals surface area contributed by atoms with Gasteiger partial charge in [-0.15, -0.1) is 0 Å². The molecule has 98 valence electrons. The Kier molecular flexibility index (Phi) is 3.48. The van der Waals surface area contributed by atoms with Gasteiger partial charge in [0, 0.05) is 5.02 Å². The van der Waals surface area contributed by atoms with E-state index in [2.05, 4.69) is 9.73 Å². The molecule has 0 spiro atoms. The number of amides is 1. The fraction of sp³-hybridized carbons (Fsp3) is 0. The average Bonchev–Trinajstić information content (AvgIpc) is 2.82. The van der Waals surface area contributed by atoms with Gasteiger partial charge in [0.25, 0.3) is 5.91 Å². The monoisotopic (exact) mass is 284 g/mol. The van der Waals surface area contributed by atoms with E-state index in [0.29, 0.717) is 0 Å². The summed E-state index contributed by atoms with van der Waals surface area (Å²) in [4.78, 5) is 21.3. The molecule has 1 heterocycles. The molecule has 1 N–H and O–H groups in total. The topological polar surface area (TPSA) is 85.4 Å². The average molecular weight is 285 g/mol. The summed E-state index contributed by atoms with van der Waals surface area (Å²) in [5.41, 5.74) is -0.103. The number of anilines is 1. The number of nitro groups is 1. The highest BCUT2D eigenvalue weighted by molar-refractivity contribution is 6.30. The van der Waals surface area contributed by atoms with Gasteiger partial charge in [0.1, 0.15) is 10.7 Å². The third-order valence-electron chi connectivity index (χ3n) is 2.17. The molecular formula is C11H6ClFN2O4. The van der Waals surface area contributed by atoms with Gasteiger partial charge in [0.2, 0.25) is 0 Å². The first-order valence-electron chi connectivity index (χ1n) is 4.98. The van der Waals surface area contributed by atoms with Crippen molar-refractivity contribution in [1.82, 2.24) is 0 Å². The van der Waals surface area contributed by atoms with Crippen LogP contribution in [0, 0.1) is 15.9 Å². The van der Waals surface area contributed by atoms with Gasteiger partial charge >= 0.3 is 5.88 Å². The molecule has 0 unspecified atom stereocenters. The van der Waals surface area contributed by atoms with E-state index in [1.807, 2.05) is 0 Å². The fourth-order valence-electron chi connectivity index (χ4n) is 1.32. The van der Waals surface area contributed by atoms with Crippen molar-refractivity contribution in [2.75, 3.05) is 5.32 Å². The number of nitrogens with one attached hydrogen (secondary N) is 1. The molecule has 0 fully saturated rings. The van der Waals surface area contributed by atoms with Crippen molar-refractivity contribution in [3.63, 3.8) is 0 Å². The van der Waals surface area contributed by atoms with Crippen LogP contribution in [0.4, 0.5) is 16.0 Å². The van der Waals surface area contributed by atoms with Gasteiger partial charge in [0.15, 0.2) is 5.76 Å². The summed E-state index contributed by atoms with van der Waals surface area (Å²) in [7, 11) is 0. The van der Waals surface area contributed by atoms with Crippen LogP contribution in [0.3, 0.4) is 0 Å². The number of halogens is 2. The van der Waals surface area contributed by atoms with E-state index in [1.165, 1.54) is 12.1 Å². The van der Waals surface area contributed by atoms with Gasteiger partial charge < -0.3 is 9.73 Å². The van der Waals surface area contributed by atoms with Gasteiger partial charge in [-0.05, 0) is 24.3 Å². The van der Waals surface area contributed by atoms with E-state index < -0.39 is 22.5 Å². The van der Waals surface area contributed by atoms with Crippen LogP contribution in [0.15, 0.2) is 34.7 Å². The fourth-order valence-corrected chi connectivity index (χ4v) is 1.48. The van der Waals surface area contributed by atoms with Crippen molar-refractivity contribution in [3.05, 3.63) is 57.0 Å². The molecule has 2 aromatic rings. The SMILES string of the molecule is O=C(Nc1ccc(Cl)cc1F)c1ccc([N+](=O)[O-])o1. The van der Waals surface area contributed by atoms with Crippen molar-refractivity contribution in [1.29, 1.82) is 0 Å². The second kappa shape index (κ2) is 5.07. The normalized spacial score (nSPS) is 10.2. The van der Waals surface area contributed by atoms with Crippen molar-refractivity contribution >= 4 is 29.1 Å².